The Morgan fingerprint density at radius 1 is 1.42 bits per heavy atom. The lowest BCUT2D eigenvalue weighted by Crippen LogP contribution is -2.34. The van der Waals surface area contributed by atoms with Gasteiger partial charge in [0.15, 0.2) is 5.96 Å². The summed E-state index contributed by atoms with van der Waals surface area (Å²) in [4.78, 5) is 8.95. The van der Waals surface area contributed by atoms with Crippen molar-refractivity contribution in [3.05, 3.63) is 29.1 Å². The van der Waals surface area contributed by atoms with Crippen LogP contribution < -0.4 is 11.1 Å². The first kappa shape index (κ1) is 13.8. The molecule has 1 aromatic heterocycles. The van der Waals surface area contributed by atoms with E-state index in [1.54, 1.807) is 7.11 Å². The second-order valence-corrected chi connectivity index (χ2v) is 4.74. The fourth-order valence-corrected chi connectivity index (χ4v) is 2.22. The molecule has 0 aromatic carbocycles. The Morgan fingerprint density at radius 3 is 3.11 bits per heavy atom. The van der Waals surface area contributed by atoms with Gasteiger partial charge in [-0.05, 0) is 37.3 Å². The van der Waals surface area contributed by atoms with Crippen molar-refractivity contribution < 1.29 is 4.74 Å². The average molecular weight is 262 g/mol. The van der Waals surface area contributed by atoms with E-state index in [0.717, 1.165) is 18.5 Å². The summed E-state index contributed by atoms with van der Waals surface area (Å²) in [5, 5.41) is 2.99. The van der Waals surface area contributed by atoms with Gasteiger partial charge in [-0.1, -0.05) is 6.07 Å². The summed E-state index contributed by atoms with van der Waals surface area (Å²) in [5.41, 5.74) is 9.37. The zero-order valence-electron chi connectivity index (χ0n) is 11.5. The molecule has 1 heterocycles. The normalized spacial score (nSPS) is 15.1. The van der Waals surface area contributed by atoms with Crippen molar-refractivity contribution in [1.82, 2.24) is 10.3 Å². The number of aryl methyl sites for hydroxylation is 2. The van der Waals surface area contributed by atoms with E-state index in [1.807, 2.05) is 0 Å². The fourth-order valence-electron chi connectivity index (χ4n) is 2.22. The van der Waals surface area contributed by atoms with Gasteiger partial charge in [0.2, 0.25) is 0 Å². The summed E-state index contributed by atoms with van der Waals surface area (Å²) < 4.78 is 4.93. The molecule has 0 spiro atoms. The van der Waals surface area contributed by atoms with Crippen molar-refractivity contribution >= 4 is 5.96 Å². The van der Waals surface area contributed by atoms with Crippen molar-refractivity contribution in [1.29, 1.82) is 0 Å². The van der Waals surface area contributed by atoms with E-state index in [4.69, 9.17) is 10.5 Å². The van der Waals surface area contributed by atoms with Gasteiger partial charge in [-0.15, -0.1) is 0 Å². The van der Waals surface area contributed by atoms with Crippen LogP contribution in [0, 0.1) is 0 Å². The van der Waals surface area contributed by atoms with Gasteiger partial charge >= 0.3 is 0 Å². The Kier molecular flexibility index (Phi) is 5.15. The molecule has 0 saturated carbocycles. The third kappa shape index (κ3) is 4.21. The number of guanidine groups is 1. The van der Waals surface area contributed by atoms with Crippen molar-refractivity contribution in [3.8, 4) is 0 Å². The van der Waals surface area contributed by atoms with E-state index in [1.165, 1.54) is 24.1 Å². The summed E-state index contributed by atoms with van der Waals surface area (Å²) >= 11 is 0. The minimum atomic E-state index is 0.441. The Labute approximate surface area is 114 Å². The Balaban J connectivity index is 1.90. The van der Waals surface area contributed by atoms with Crippen LogP contribution in [0.5, 0.6) is 0 Å². The molecule has 2 rings (SSSR count). The highest BCUT2D eigenvalue weighted by Gasteiger charge is 2.10. The van der Waals surface area contributed by atoms with E-state index in [9.17, 15) is 0 Å². The molecular weight excluding hydrogens is 240 g/mol. The maximum Gasteiger partial charge on any atom is 0.189 e. The average Bonchev–Trinajstić information content (AvgIpc) is 2.45. The standard InChI is InChI=1S/C14H22N4O/c1-19-9-8-16-14(15)17-10-12-7-6-11-4-2-3-5-13(11)18-12/h6-7H,2-5,8-10H2,1H3,(H3,15,16,17). The number of aromatic nitrogens is 1. The molecular formula is C14H22N4O. The van der Waals surface area contributed by atoms with Gasteiger partial charge in [0, 0.05) is 19.3 Å². The number of pyridine rings is 1. The van der Waals surface area contributed by atoms with Crippen LogP contribution in [0.1, 0.15) is 29.8 Å². The van der Waals surface area contributed by atoms with Gasteiger partial charge < -0.3 is 15.8 Å². The lowest BCUT2D eigenvalue weighted by molar-refractivity contribution is 0.204. The molecule has 5 heteroatoms. The van der Waals surface area contributed by atoms with E-state index < -0.39 is 0 Å². The number of methoxy groups -OCH3 is 1. The molecule has 0 saturated heterocycles. The number of nitrogens with two attached hydrogens (primary N) is 1. The van der Waals surface area contributed by atoms with E-state index in [-0.39, 0.29) is 0 Å². The van der Waals surface area contributed by atoms with Crippen molar-refractivity contribution in [2.75, 3.05) is 20.3 Å². The lowest BCUT2D eigenvalue weighted by atomic mass is 9.96. The smallest absolute Gasteiger partial charge is 0.189 e. The number of fused-ring (bicyclic) bond motifs is 1. The first-order valence-corrected chi connectivity index (χ1v) is 6.80. The molecule has 3 N–H and O–H groups in total. The molecule has 1 aliphatic rings. The van der Waals surface area contributed by atoms with Crippen LogP contribution in [-0.4, -0.2) is 31.2 Å². The van der Waals surface area contributed by atoms with Crippen molar-refractivity contribution in [2.45, 2.75) is 32.2 Å². The zero-order valence-corrected chi connectivity index (χ0v) is 11.5. The lowest BCUT2D eigenvalue weighted by Gasteiger charge is -2.15. The Hall–Kier alpha value is -1.62. The van der Waals surface area contributed by atoms with E-state index in [0.29, 0.717) is 25.7 Å². The number of nitrogens with zero attached hydrogens (tertiary/aromatic N) is 2. The molecule has 0 aliphatic heterocycles. The number of rotatable bonds is 5. The summed E-state index contributed by atoms with van der Waals surface area (Å²) in [5.74, 6) is 0.441. The van der Waals surface area contributed by atoms with Gasteiger partial charge in [0.1, 0.15) is 0 Å². The monoisotopic (exact) mass is 262 g/mol. The van der Waals surface area contributed by atoms with Crippen LogP contribution in [0.3, 0.4) is 0 Å². The third-order valence-corrected chi connectivity index (χ3v) is 3.26. The van der Waals surface area contributed by atoms with Gasteiger partial charge in [0.05, 0.1) is 18.8 Å². The quantitative estimate of drug-likeness (QED) is 0.472. The highest BCUT2D eigenvalue weighted by molar-refractivity contribution is 5.77. The predicted molar refractivity (Wildman–Crippen MR) is 76.1 cm³/mol. The van der Waals surface area contributed by atoms with Gasteiger partial charge in [-0.3, -0.25) is 4.98 Å². The third-order valence-electron chi connectivity index (χ3n) is 3.26. The van der Waals surface area contributed by atoms with Crippen LogP contribution in [0.4, 0.5) is 0 Å². The number of ether oxygens (including phenoxy) is 1. The van der Waals surface area contributed by atoms with Gasteiger partial charge in [0.25, 0.3) is 0 Å². The maximum absolute atomic E-state index is 5.76. The molecule has 0 fully saturated rings. The first-order valence-electron chi connectivity index (χ1n) is 6.80. The SMILES string of the molecule is COCCNC(N)=NCc1ccc2c(n1)CCCC2. The zero-order chi connectivity index (χ0) is 13.5. The van der Waals surface area contributed by atoms with Gasteiger partial charge in [-0.2, -0.15) is 0 Å². The summed E-state index contributed by atoms with van der Waals surface area (Å²) in [7, 11) is 1.66. The fraction of sp³-hybridized carbons (Fsp3) is 0.571. The summed E-state index contributed by atoms with van der Waals surface area (Å²) in [6.45, 7) is 1.82. The van der Waals surface area contributed by atoms with Crippen LogP contribution in [0.15, 0.2) is 17.1 Å². The highest BCUT2D eigenvalue weighted by Crippen LogP contribution is 2.19. The number of hydrogen-bond acceptors (Lipinski definition) is 3. The molecule has 19 heavy (non-hydrogen) atoms. The molecule has 5 nitrogen and oxygen atoms in total. The molecule has 0 atom stereocenters. The molecule has 0 bridgehead atoms. The summed E-state index contributed by atoms with van der Waals surface area (Å²) in [6.07, 6.45) is 4.77. The van der Waals surface area contributed by atoms with Crippen LogP contribution in [-0.2, 0) is 24.1 Å². The van der Waals surface area contributed by atoms with E-state index >= 15 is 0 Å². The number of hydrogen-bond donors (Lipinski definition) is 2. The maximum atomic E-state index is 5.76. The molecule has 0 radical (unpaired) electrons. The van der Waals surface area contributed by atoms with Crippen LogP contribution >= 0.6 is 0 Å². The minimum absolute atomic E-state index is 0.441. The van der Waals surface area contributed by atoms with Gasteiger partial charge in [-0.25, -0.2) is 4.99 Å². The molecule has 1 aromatic rings. The number of aliphatic imine (C=N–C) groups is 1. The highest BCUT2D eigenvalue weighted by atomic mass is 16.5. The van der Waals surface area contributed by atoms with Crippen molar-refractivity contribution in [3.63, 3.8) is 0 Å². The Bertz CT molecular complexity index is 445. The van der Waals surface area contributed by atoms with E-state index in [2.05, 4.69) is 27.4 Å². The largest absolute Gasteiger partial charge is 0.383 e. The second-order valence-electron chi connectivity index (χ2n) is 4.74. The van der Waals surface area contributed by atoms with Crippen LogP contribution in [0.25, 0.3) is 0 Å². The summed E-state index contributed by atoms with van der Waals surface area (Å²) in [6, 6.07) is 4.23. The molecule has 104 valence electrons. The Morgan fingerprint density at radius 2 is 2.26 bits per heavy atom. The number of nitrogens with one attached hydrogen (secondary N) is 1. The molecule has 1 aliphatic carbocycles. The molecule has 0 unspecified atom stereocenters. The predicted octanol–water partition coefficient (Wildman–Crippen LogP) is 1.01. The minimum Gasteiger partial charge on any atom is -0.383 e. The van der Waals surface area contributed by atoms with Crippen molar-refractivity contribution in [2.24, 2.45) is 10.7 Å². The topological polar surface area (TPSA) is 72.5 Å². The van der Waals surface area contributed by atoms with Crippen LogP contribution in [0.2, 0.25) is 0 Å². The molecule has 0 amide bonds. The first-order chi connectivity index (χ1) is 9.29. The second kappa shape index (κ2) is 7.09.